The molecule has 0 saturated carbocycles. The summed E-state index contributed by atoms with van der Waals surface area (Å²) in [5.41, 5.74) is 3.61. The summed E-state index contributed by atoms with van der Waals surface area (Å²) < 4.78 is 5.76. The molecule has 2 aromatic rings. The largest absolute Gasteiger partial charge is 0.372 e. The molecule has 2 aromatic carbocycles. The molecule has 0 bridgehead atoms. The third-order valence-corrected chi connectivity index (χ3v) is 3.63. The predicted octanol–water partition coefficient (Wildman–Crippen LogP) is 3.48. The van der Waals surface area contributed by atoms with Gasteiger partial charge in [-0.05, 0) is 23.1 Å². The van der Waals surface area contributed by atoms with Gasteiger partial charge in [0.1, 0.15) is 0 Å². The number of hydrogen-bond donors (Lipinski definition) is 2. The summed E-state index contributed by atoms with van der Waals surface area (Å²) in [5.74, 6) is 0.840. The Balaban J connectivity index is 1.74. The number of aliphatic imine (C=N–C) groups is 1. The molecule has 0 spiro atoms. The Kier molecular flexibility index (Phi) is 7.84. The van der Waals surface area contributed by atoms with Crippen LogP contribution in [0.4, 0.5) is 0 Å². The van der Waals surface area contributed by atoms with E-state index in [2.05, 4.69) is 58.9 Å². The van der Waals surface area contributed by atoms with E-state index in [1.54, 1.807) is 7.05 Å². The van der Waals surface area contributed by atoms with Crippen LogP contribution in [0.5, 0.6) is 0 Å². The zero-order valence-corrected chi connectivity index (χ0v) is 14.6. The summed E-state index contributed by atoms with van der Waals surface area (Å²) in [6, 6.07) is 18.7. The number of rotatable bonds is 8. The average Bonchev–Trinajstić information content (AvgIpc) is 2.64. The molecular formula is C20H27N3O. The lowest BCUT2D eigenvalue weighted by Crippen LogP contribution is -2.37. The van der Waals surface area contributed by atoms with Gasteiger partial charge in [0.05, 0.1) is 13.2 Å². The summed E-state index contributed by atoms with van der Waals surface area (Å²) in [5, 5.41) is 6.58. The van der Waals surface area contributed by atoms with E-state index in [1.165, 1.54) is 16.7 Å². The van der Waals surface area contributed by atoms with Crippen molar-refractivity contribution in [1.82, 2.24) is 10.6 Å². The van der Waals surface area contributed by atoms with Gasteiger partial charge in [0, 0.05) is 20.1 Å². The maximum atomic E-state index is 5.76. The number of nitrogens with one attached hydrogen (secondary N) is 2. The van der Waals surface area contributed by atoms with Gasteiger partial charge in [0.25, 0.3) is 0 Å². The highest BCUT2D eigenvalue weighted by Gasteiger charge is 1.99. The lowest BCUT2D eigenvalue weighted by atomic mass is 10.1. The Bertz CT molecular complexity index is 609. The molecule has 0 unspecified atom stereocenters. The van der Waals surface area contributed by atoms with Crippen molar-refractivity contribution in [2.75, 3.05) is 13.6 Å². The summed E-state index contributed by atoms with van der Waals surface area (Å²) in [6.07, 6.45) is 1.08. The lowest BCUT2D eigenvalue weighted by Gasteiger charge is -2.11. The third kappa shape index (κ3) is 6.42. The number of hydrogen-bond acceptors (Lipinski definition) is 2. The number of guanidine groups is 1. The number of benzene rings is 2. The van der Waals surface area contributed by atoms with Gasteiger partial charge in [0.2, 0.25) is 0 Å². The first-order valence-corrected chi connectivity index (χ1v) is 8.46. The van der Waals surface area contributed by atoms with Crippen LogP contribution in [0.3, 0.4) is 0 Å². The highest BCUT2D eigenvalue weighted by Crippen LogP contribution is 2.08. The van der Waals surface area contributed by atoms with E-state index >= 15 is 0 Å². The molecule has 0 heterocycles. The van der Waals surface area contributed by atoms with Crippen molar-refractivity contribution in [3.05, 3.63) is 71.3 Å². The van der Waals surface area contributed by atoms with Gasteiger partial charge in [0.15, 0.2) is 5.96 Å². The second-order valence-corrected chi connectivity index (χ2v) is 5.65. The van der Waals surface area contributed by atoms with Crippen LogP contribution in [0, 0.1) is 0 Å². The third-order valence-electron chi connectivity index (χ3n) is 3.63. The molecule has 2 rings (SSSR count). The molecular weight excluding hydrogens is 298 g/mol. The van der Waals surface area contributed by atoms with Crippen molar-refractivity contribution in [2.45, 2.75) is 33.1 Å². The Morgan fingerprint density at radius 3 is 2.12 bits per heavy atom. The fourth-order valence-electron chi connectivity index (χ4n) is 2.26. The molecule has 0 aromatic heterocycles. The Morgan fingerprint density at radius 2 is 1.50 bits per heavy atom. The van der Waals surface area contributed by atoms with E-state index in [0.717, 1.165) is 25.5 Å². The molecule has 4 heteroatoms. The normalized spacial score (nSPS) is 11.3. The first-order valence-electron chi connectivity index (χ1n) is 8.46. The molecule has 0 fully saturated rings. The SMILES string of the molecule is CCCNC(=NC)NCc1ccc(COCc2ccccc2)cc1. The van der Waals surface area contributed by atoms with Crippen LogP contribution < -0.4 is 10.6 Å². The predicted molar refractivity (Wildman–Crippen MR) is 99.9 cm³/mol. The van der Waals surface area contributed by atoms with Gasteiger partial charge in [-0.15, -0.1) is 0 Å². The Morgan fingerprint density at radius 1 is 0.875 bits per heavy atom. The van der Waals surface area contributed by atoms with Crippen LogP contribution in [0.1, 0.15) is 30.0 Å². The lowest BCUT2D eigenvalue weighted by molar-refractivity contribution is 0.107. The molecule has 0 radical (unpaired) electrons. The van der Waals surface area contributed by atoms with Gasteiger partial charge in [-0.1, -0.05) is 61.5 Å². The topological polar surface area (TPSA) is 45.7 Å². The highest BCUT2D eigenvalue weighted by atomic mass is 16.5. The standard InChI is InChI=1S/C20H27N3O/c1-3-13-22-20(21-2)23-14-17-9-11-19(12-10-17)16-24-15-18-7-5-4-6-8-18/h4-12H,3,13-16H2,1-2H3,(H2,21,22,23). The molecule has 4 nitrogen and oxygen atoms in total. The van der Waals surface area contributed by atoms with Gasteiger partial charge < -0.3 is 15.4 Å². The van der Waals surface area contributed by atoms with Gasteiger partial charge in [-0.25, -0.2) is 0 Å². The van der Waals surface area contributed by atoms with Crippen molar-refractivity contribution >= 4 is 5.96 Å². The minimum absolute atomic E-state index is 0.627. The zero-order valence-electron chi connectivity index (χ0n) is 14.6. The van der Waals surface area contributed by atoms with Crippen molar-refractivity contribution in [3.8, 4) is 0 Å². The second-order valence-electron chi connectivity index (χ2n) is 5.65. The van der Waals surface area contributed by atoms with Crippen molar-refractivity contribution in [2.24, 2.45) is 4.99 Å². The quantitative estimate of drug-likeness (QED) is 0.577. The summed E-state index contributed by atoms with van der Waals surface area (Å²) in [7, 11) is 1.79. The summed E-state index contributed by atoms with van der Waals surface area (Å²) in [4.78, 5) is 4.20. The van der Waals surface area contributed by atoms with Crippen LogP contribution in [0.25, 0.3) is 0 Å². The van der Waals surface area contributed by atoms with E-state index in [1.807, 2.05) is 18.2 Å². The molecule has 0 aliphatic heterocycles. The molecule has 0 amide bonds. The maximum Gasteiger partial charge on any atom is 0.191 e. The maximum absolute atomic E-state index is 5.76. The van der Waals surface area contributed by atoms with Crippen LogP contribution in [-0.4, -0.2) is 19.6 Å². The average molecular weight is 325 g/mol. The Hall–Kier alpha value is -2.33. The zero-order chi connectivity index (χ0) is 17.0. The van der Waals surface area contributed by atoms with Gasteiger partial charge in [-0.3, -0.25) is 4.99 Å². The van der Waals surface area contributed by atoms with Gasteiger partial charge >= 0.3 is 0 Å². The van der Waals surface area contributed by atoms with E-state index in [0.29, 0.717) is 13.2 Å². The molecule has 0 aliphatic rings. The second kappa shape index (κ2) is 10.4. The minimum Gasteiger partial charge on any atom is -0.372 e. The van der Waals surface area contributed by atoms with Gasteiger partial charge in [-0.2, -0.15) is 0 Å². The van der Waals surface area contributed by atoms with Crippen molar-refractivity contribution in [3.63, 3.8) is 0 Å². The van der Waals surface area contributed by atoms with Crippen LogP contribution in [0.2, 0.25) is 0 Å². The summed E-state index contributed by atoms with van der Waals surface area (Å²) >= 11 is 0. The molecule has 24 heavy (non-hydrogen) atoms. The number of ether oxygens (including phenoxy) is 1. The molecule has 0 atom stereocenters. The van der Waals surface area contributed by atoms with E-state index in [-0.39, 0.29) is 0 Å². The molecule has 128 valence electrons. The van der Waals surface area contributed by atoms with Crippen LogP contribution >= 0.6 is 0 Å². The number of nitrogens with zero attached hydrogens (tertiary/aromatic N) is 1. The van der Waals surface area contributed by atoms with Crippen molar-refractivity contribution < 1.29 is 4.74 Å². The first-order chi connectivity index (χ1) is 11.8. The van der Waals surface area contributed by atoms with Crippen LogP contribution in [0.15, 0.2) is 59.6 Å². The monoisotopic (exact) mass is 325 g/mol. The van der Waals surface area contributed by atoms with Crippen LogP contribution in [-0.2, 0) is 24.5 Å². The fourth-order valence-corrected chi connectivity index (χ4v) is 2.26. The van der Waals surface area contributed by atoms with E-state index in [9.17, 15) is 0 Å². The fraction of sp³-hybridized carbons (Fsp3) is 0.350. The highest BCUT2D eigenvalue weighted by molar-refractivity contribution is 5.79. The first kappa shape index (κ1) is 18.0. The smallest absolute Gasteiger partial charge is 0.191 e. The Labute approximate surface area is 145 Å². The van der Waals surface area contributed by atoms with E-state index in [4.69, 9.17) is 4.74 Å². The summed E-state index contributed by atoms with van der Waals surface area (Å²) in [6.45, 7) is 5.09. The molecule has 2 N–H and O–H groups in total. The van der Waals surface area contributed by atoms with E-state index < -0.39 is 0 Å². The van der Waals surface area contributed by atoms with Crippen molar-refractivity contribution in [1.29, 1.82) is 0 Å². The molecule has 0 aliphatic carbocycles. The minimum atomic E-state index is 0.627. The molecule has 0 saturated heterocycles.